The highest BCUT2D eigenvalue weighted by molar-refractivity contribution is 5.72. The SMILES string of the molecule is CC(=O)NCCNCC1(CC(C)C)CCCC1. The highest BCUT2D eigenvalue weighted by atomic mass is 16.1. The number of carbonyl (C=O) groups is 1. The smallest absolute Gasteiger partial charge is 0.216 e. The van der Waals surface area contributed by atoms with Crippen molar-refractivity contribution in [1.82, 2.24) is 10.6 Å². The van der Waals surface area contributed by atoms with Crippen molar-refractivity contribution >= 4 is 5.91 Å². The molecule has 0 unspecified atom stereocenters. The van der Waals surface area contributed by atoms with Crippen molar-refractivity contribution in [2.75, 3.05) is 19.6 Å². The lowest BCUT2D eigenvalue weighted by Crippen LogP contribution is -2.37. The zero-order chi connectivity index (χ0) is 12.7. The Morgan fingerprint density at radius 1 is 1.24 bits per heavy atom. The van der Waals surface area contributed by atoms with Crippen molar-refractivity contribution in [3.8, 4) is 0 Å². The zero-order valence-corrected chi connectivity index (χ0v) is 11.6. The van der Waals surface area contributed by atoms with Crippen LogP contribution in [0.25, 0.3) is 0 Å². The molecule has 0 atom stereocenters. The van der Waals surface area contributed by atoms with E-state index in [4.69, 9.17) is 0 Å². The third-order valence-electron chi connectivity index (χ3n) is 3.68. The van der Waals surface area contributed by atoms with Gasteiger partial charge in [-0.1, -0.05) is 26.7 Å². The number of carbonyl (C=O) groups excluding carboxylic acids is 1. The second-order valence-corrected chi connectivity index (χ2v) is 5.96. The fraction of sp³-hybridized carbons (Fsp3) is 0.929. The van der Waals surface area contributed by atoms with Gasteiger partial charge >= 0.3 is 0 Å². The van der Waals surface area contributed by atoms with Crippen LogP contribution in [0, 0.1) is 11.3 Å². The minimum absolute atomic E-state index is 0.0598. The maximum atomic E-state index is 10.7. The van der Waals surface area contributed by atoms with E-state index in [-0.39, 0.29) is 5.91 Å². The maximum absolute atomic E-state index is 10.7. The molecule has 0 aromatic carbocycles. The van der Waals surface area contributed by atoms with Gasteiger partial charge in [0.05, 0.1) is 0 Å². The lowest BCUT2D eigenvalue weighted by molar-refractivity contribution is -0.118. The Labute approximate surface area is 106 Å². The van der Waals surface area contributed by atoms with E-state index in [0.717, 1.165) is 25.6 Å². The van der Waals surface area contributed by atoms with E-state index >= 15 is 0 Å². The standard InChI is InChI=1S/C14H28N2O/c1-12(2)10-14(6-4-5-7-14)11-15-8-9-16-13(3)17/h12,15H,4-11H2,1-3H3,(H,16,17). The Morgan fingerprint density at radius 2 is 1.88 bits per heavy atom. The molecule has 17 heavy (non-hydrogen) atoms. The molecule has 0 heterocycles. The van der Waals surface area contributed by atoms with Crippen LogP contribution in [0.5, 0.6) is 0 Å². The summed E-state index contributed by atoms with van der Waals surface area (Å²) in [7, 11) is 0. The molecule has 0 radical (unpaired) electrons. The van der Waals surface area contributed by atoms with E-state index in [1.54, 1.807) is 6.92 Å². The first-order valence-corrected chi connectivity index (χ1v) is 6.99. The Hall–Kier alpha value is -0.570. The number of rotatable bonds is 7. The first-order valence-electron chi connectivity index (χ1n) is 6.99. The Morgan fingerprint density at radius 3 is 2.41 bits per heavy atom. The van der Waals surface area contributed by atoms with Crippen LogP contribution in [0.15, 0.2) is 0 Å². The van der Waals surface area contributed by atoms with Crippen molar-refractivity contribution in [3.63, 3.8) is 0 Å². The summed E-state index contributed by atoms with van der Waals surface area (Å²) in [5.74, 6) is 0.842. The van der Waals surface area contributed by atoms with Crippen molar-refractivity contribution in [2.24, 2.45) is 11.3 Å². The van der Waals surface area contributed by atoms with Gasteiger partial charge in [0.2, 0.25) is 5.91 Å². The monoisotopic (exact) mass is 240 g/mol. The molecule has 1 aliphatic rings. The molecule has 1 fully saturated rings. The molecule has 0 aromatic rings. The largest absolute Gasteiger partial charge is 0.355 e. The summed E-state index contributed by atoms with van der Waals surface area (Å²) in [4.78, 5) is 10.7. The molecule has 3 heteroatoms. The summed E-state index contributed by atoms with van der Waals surface area (Å²) in [5.41, 5.74) is 0.532. The normalized spacial score (nSPS) is 18.6. The summed E-state index contributed by atoms with van der Waals surface area (Å²) in [5, 5.41) is 6.34. The molecule has 0 saturated heterocycles. The summed E-state index contributed by atoms with van der Waals surface area (Å²) in [6.07, 6.45) is 6.86. The van der Waals surface area contributed by atoms with Crippen LogP contribution in [0.3, 0.4) is 0 Å². The van der Waals surface area contributed by atoms with Crippen LogP contribution in [0.2, 0.25) is 0 Å². The van der Waals surface area contributed by atoms with Crippen molar-refractivity contribution in [2.45, 2.75) is 52.9 Å². The van der Waals surface area contributed by atoms with Crippen LogP contribution < -0.4 is 10.6 Å². The molecule has 0 aromatic heterocycles. The molecular formula is C14H28N2O. The van der Waals surface area contributed by atoms with Crippen LogP contribution >= 0.6 is 0 Å². The van der Waals surface area contributed by atoms with Gasteiger partial charge in [-0.05, 0) is 30.6 Å². The van der Waals surface area contributed by atoms with Gasteiger partial charge in [-0.2, -0.15) is 0 Å². The van der Waals surface area contributed by atoms with Crippen molar-refractivity contribution < 1.29 is 4.79 Å². The topological polar surface area (TPSA) is 41.1 Å². The average molecular weight is 240 g/mol. The average Bonchev–Trinajstić information content (AvgIpc) is 2.64. The molecule has 1 rings (SSSR count). The third-order valence-corrected chi connectivity index (χ3v) is 3.68. The van der Waals surface area contributed by atoms with Crippen LogP contribution in [0.4, 0.5) is 0 Å². The van der Waals surface area contributed by atoms with Crippen molar-refractivity contribution in [1.29, 1.82) is 0 Å². The number of amides is 1. The minimum atomic E-state index is 0.0598. The molecular weight excluding hydrogens is 212 g/mol. The Kier molecular flexibility index (Phi) is 5.96. The molecule has 1 amide bonds. The molecule has 0 aliphatic heterocycles. The van der Waals surface area contributed by atoms with E-state index in [9.17, 15) is 4.79 Å². The van der Waals surface area contributed by atoms with E-state index < -0.39 is 0 Å². The van der Waals surface area contributed by atoms with Gasteiger partial charge in [-0.25, -0.2) is 0 Å². The van der Waals surface area contributed by atoms with Gasteiger partial charge in [-0.3, -0.25) is 4.79 Å². The maximum Gasteiger partial charge on any atom is 0.216 e. The molecule has 0 bridgehead atoms. The molecule has 0 spiro atoms. The third kappa shape index (κ3) is 5.53. The van der Waals surface area contributed by atoms with Gasteiger partial charge in [0, 0.05) is 26.6 Å². The van der Waals surface area contributed by atoms with E-state index in [1.807, 2.05) is 0 Å². The Bertz CT molecular complexity index is 232. The first-order chi connectivity index (χ1) is 8.04. The molecule has 2 N–H and O–H groups in total. The number of hydrogen-bond acceptors (Lipinski definition) is 2. The molecule has 100 valence electrons. The summed E-state index contributed by atoms with van der Waals surface area (Å²) < 4.78 is 0. The molecule has 1 aliphatic carbocycles. The summed E-state index contributed by atoms with van der Waals surface area (Å²) in [6.45, 7) is 8.95. The van der Waals surface area contributed by atoms with Crippen LogP contribution in [-0.2, 0) is 4.79 Å². The summed E-state index contributed by atoms with van der Waals surface area (Å²) >= 11 is 0. The van der Waals surface area contributed by atoms with Gasteiger partial charge in [0.15, 0.2) is 0 Å². The Balaban J connectivity index is 2.23. The van der Waals surface area contributed by atoms with Gasteiger partial charge in [0.1, 0.15) is 0 Å². The number of hydrogen-bond donors (Lipinski definition) is 2. The van der Waals surface area contributed by atoms with E-state index in [2.05, 4.69) is 24.5 Å². The van der Waals surface area contributed by atoms with Crippen LogP contribution in [0.1, 0.15) is 52.9 Å². The predicted octanol–water partition coefficient (Wildman–Crippen LogP) is 2.32. The first kappa shape index (κ1) is 14.5. The van der Waals surface area contributed by atoms with Gasteiger partial charge < -0.3 is 10.6 Å². The fourth-order valence-corrected chi connectivity index (χ4v) is 3.12. The lowest BCUT2D eigenvalue weighted by atomic mass is 9.78. The van der Waals surface area contributed by atoms with Crippen LogP contribution in [-0.4, -0.2) is 25.5 Å². The quantitative estimate of drug-likeness (QED) is 0.671. The van der Waals surface area contributed by atoms with Gasteiger partial charge in [-0.15, -0.1) is 0 Å². The molecule has 1 saturated carbocycles. The van der Waals surface area contributed by atoms with Crippen molar-refractivity contribution in [3.05, 3.63) is 0 Å². The zero-order valence-electron chi connectivity index (χ0n) is 11.6. The van der Waals surface area contributed by atoms with E-state index in [0.29, 0.717) is 5.41 Å². The van der Waals surface area contributed by atoms with Gasteiger partial charge in [0.25, 0.3) is 0 Å². The highest BCUT2D eigenvalue weighted by Crippen LogP contribution is 2.42. The summed E-state index contributed by atoms with van der Waals surface area (Å²) in [6, 6.07) is 0. The lowest BCUT2D eigenvalue weighted by Gasteiger charge is -2.31. The predicted molar refractivity (Wildman–Crippen MR) is 71.9 cm³/mol. The second-order valence-electron chi connectivity index (χ2n) is 5.96. The van der Waals surface area contributed by atoms with E-state index in [1.165, 1.54) is 32.1 Å². The highest BCUT2D eigenvalue weighted by Gasteiger charge is 2.33. The molecule has 3 nitrogen and oxygen atoms in total. The second kappa shape index (κ2) is 7.00. The minimum Gasteiger partial charge on any atom is -0.355 e. The fourth-order valence-electron chi connectivity index (χ4n) is 3.12. The number of nitrogens with one attached hydrogen (secondary N) is 2.